The lowest BCUT2D eigenvalue weighted by Crippen LogP contribution is -2.50. The fourth-order valence-corrected chi connectivity index (χ4v) is 5.25. The van der Waals surface area contributed by atoms with Crippen LogP contribution in [0.1, 0.15) is 26.4 Å². The van der Waals surface area contributed by atoms with Crippen molar-refractivity contribution in [2.75, 3.05) is 26.2 Å². The average molecular weight is 563 g/mol. The minimum atomic E-state index is -0.615. The minimum absolute atomic E-state index is 0.0269. The molecule has 0 N–H and O–H groups in total. The topological polar surface area (TPSA) is 88.7 Å². The van der Waals surface area contributed by atoms with E-state index in [-0.39, 0.29) is 28.1 Å². The molecule has 2 heterocycles. The Morgan fingerprint density at radius 3 is 2.05 bits per heavy atom. The fourth-order valence-electron chi connectivity index (χ4n) is 4.84. The Labute approximate surface area is 235 Å². The van der Waals surface area contributed by atoms with Crippen LogP contribution < -0.4 is 0 Å². The number of aromatic nitrogens is 1. The number of halogens is 2. The van der Waals surface area contributed by atoms with E-state index in [2.05, 4.69) is 0 Å². The van der Waals surface area contributed by atoms with Gasteiger partial charge in [-0.3, -0.25) is 19.7 Å². The number of nitro benzene ring substituents is 1. The number of carbonyl (C=O) groups is 2. The first kappa shape index (κ1) is 26.5. The van der Waals surface area contributed by atoms with E-state index in [0.717, 1.165) is 22.6 Å². The predicted molar refractivity (Wildman–Crippen MR) is 151 cm³/mol. The molecule has 2 amide bonds. The highest BCUT2D eigenvalue weighted by Gasteiger charge is 2.29. The van der Waals surface area contributed by atoms with Crippen molar-refractivity contribution in [2.45, 2.75) is 6.92 Å². The summed E-state index contributed by atoms with van der Waals surface area (Å²) in [6.07, 6.45) is 0. The van der Waals surface area contributed by atoms with Crippen LogP contribution in [0.3, 0.4) is 0 Å². The number of hydrogen-bond donors (Lipinski definition) is 0. The third-order valence-electron chi connectivity index (χ3n) is 6.88. The number of carbonyl (C=O) groups excluding carboxylic acids is 2. The molecule has 4 aromatic rings. The Balaban J connectivity index is 1.39. The van der Waals surface area contributed by atoms with Gasteiger partial charge in [0.25, 0.3) is 17.5 Å². The third kappa shape index (κ3) is 5.13. The molecule has 10 heteroatoms. The van der Waals surface area contributed by atoms with E-state index in [9.17, 15) is 19.7 Å². The van der Waals surface area contributed by atoms with Crippen LogP contribution in [0.2, 0.25) is 10.0 Å². The summed E-state index contributed by atoms with van der Waals surface area (Å²) in [5.74, 6) is -0.473. The summed E-state index contributed by atoms with van der Waals surface area (Å²) in [7, 11) is 0. The lowest BCUT2D eigenvalue weighted by Gasteiger charge is -2.34. The lowest BCUT2D eigenvalue weighted by atomic mass is 10.1. The molecule has 1 aliphatic heterocycles. The van der Waals surface area contributed by atoms with E-state index in [4.69, 9.17) is 23.2 Å². The number of para-hydroxylation sites is 1. The predicted octanol–water partition coefficient (Wildman–Crippen LogP) is 6.27. The van der Waals surface area contributed by atoms with Gasteiger partial charge in [0.15, 0.2) is 0 Å². The summed E-state index contributed by atoms with van der Waals surface area (Å²) in [5, 5.41) is 11.8. The van der Waals surface area contributed by atoms with Crippen LogP contribution in [0.5, 0.6) is 0 Å². The maximum absolute atomic E-state index is 13.7. The van der Waals surface area contributed by atoms with Crippen LogP contribution in [0.4, 0.5) is 5.69 Å². The number of benzene rings is 3. The SMILES string of the molecule is Cc1c(C(=O)N2CCN(C(=O)c3ccc(Cl)c([N+](=O)[O-])c3)CC2)cc(-c2ccccc2)n1-c1ccccc1Cl. The molecule has 39 heavy (non-hydrogen) atoms. The second-order valence-electron chi connectivity index (χ2n) is 9.19. The summed E-state index contributed by atoms with van der Waals surface area (Å²) in [6.45, 7) is 3.17. The van der Waals surface area contributed by atoms with Gasteiger partial charge in [0.2, 0.25) is 0 Å². The maximum Gasteiger partial charge on any atom is 0.288 e. The first-order valence-corrected chi connectivity index (χ1v) is 13.1. The zero-order valence-corrected chi connectivity index (χ0v) is 22.5. The van der Waals surface area contributed by atoms with Gasteiger partial charge in [-0.15, -0.1) is 0 Å². The highest BCUT2D eigenvalue weighted by atomic mass is 35.5. The van der Waals surface area contributed by atoms with Crippen molar-refractivity contribution >= 4 is 40.7 Å². The Hall–Kier alpha value is -4.14. The van der Waals surface area contributed by atoms with Crippen LogP contribution in [-0.4, -0.2) is 57.3 Å². The van der Waals surface area contributed by atoms with Crippen molar-refractivity contribution in [3.63, 3.8) is 0 Å². The zero-order chi connectivity index (χ0) is 27.7. The van der Waals surface area contributed by atoms with Gasteiger partial charge >= 0.3 is 0 Å². The smallest absolute Gasteiger partial charge is 0.288 e. The minimum Gasteiger partial charge on any atom is -0.335 e. The summed E-state index contributed by atoms with van der Waals surface area (Å²) in [6, 6.07) is 23.2. The van der Waals surface area contributed by atoms with Gasteiger partial charge in [0.1, 0.15) is 5.02 Å². The standard InChI is InChI=1S/C29H24Cl2N4O4/c1-19-22(18-26(20-7-3-2-4-8-20)34(19)25-10-6-5-9-23(25)30)29(37)33-15-13-32(14-16-33)28(36)21-11-12-24(31)27(17-21)35(38)39/h2-12,17-18H,13-16H2,1H3. The highest BCUT2D eigenvalue weighted by Crippen LogP contribution is 2.33. The molecule has 0 spiro atoms. The molecule has 0 unspecified atom stereocenters. The van der Waals surface area contributed by atoms with Gasteiger partial charge in [-0.1, -0.05) is 65.7 Å². The molecule has 0 bridgehead atoms. The molecule has 1 aliphatic rings. The van der Waals surface area contributed by atoms with Gasteiger partial charge in [0, 0.05) is 43.5 Å². The largest absolute Gasteiger partial charge is 0.335 e. The number of hydrogen-bond acceptors (Lipinski definition) is 4. The number of nitrogens with zero attached hydrogens (tertiary/aromatic N) is 4. The van der Waals surface area contributed by atoms with Crippen molar-refractivity contribution in [1.29, 1.82) is 0 Å². The molecule has 0 aliphatic carbocycles. The fraction of sp³-hybridized carbons (Fsp3) is 0.172. The normalized spacial score (nSPS) is 13.4. The molecule has 5 rings (SSSR count). The molecule has 1 aromatic heterocycles. The number of nitro groups is 1. The molecule has 0 saturated carbocycles. The van der Waals surface area contributed by atoms with Gasteiger partial charge in [-0.2, -0.15) is 0 Å². The molecule has 1 saturated heterocycles. The Morgan fingerprint density at radius 2 is 1.41 bits per heavy atom. The first-order chi connectivity index (χ1) is 18.8. The van der Waals surface area contributed by atoms with Crippen molar-refractivity contribution in [1.82, 2.24) is 14.4 Å². The van der Waals surface area contributed by atoms with Crippen LogP contribution in [0.25, 0.3) is 16.9 Å². The summed E-state index contributed by atoms with van der Waals surface area (Å²) in [4.78, 5) is 40.7. The van der Waals surface area contributed by atoms with E-state index < -0.39 is 4.92 Å². The van der Waals surface area contributed by atoms with Crippen LogP contribution in [0, 0.1) is 17.0 Å². The Kier molecular flexibility index (Phi) is 7.41. The van der Waals surface area contributed by atoms with Crippen LogP contribution in [-0.2, 0) is 0 Å². The molecule has 0 atom stereocenters. The van der Waals surface area contributed by atoms with E-state index in [0.29, 0.717) is 36.8 Å². The molecular formula is C29H24Cl2N4O4. The monoisotopic (exact) mass is 562 g/mol. The van der Waals surface area contributed by atoms with Gasteiger partial charge < -0.3 is 14.4 Å². The molecule has 198 valence electrons. The van der Waals surface area contributed by atoms with Crippen LogP contribution >= 0.6 is 23.2 Å². The van der Waals surface area contributed by atoms with Crippen molar-refractivity contribution in [2.24, 2.45) is 0 Å². The Morgan fingerprint density at radius 1 is 0.795 bits per heavy atom. The average Bonchev–Trinajstić information content (AvgIpc) is 3.30. The number of amides is 2. The maximum atomic E-state index is 13.7. The quantitative estimate of drug-likeness (QED) is 0.212. The van der Waals surface area contributed by atoms with Gasteiger partial charge in [0.05, 0.1) is 26.9 Å². The van der Waals surface area contributed by atoms with Gasteiger partial charge in [-0.05, 0) is 42.8 Å². The van der Waals surface area contributed by atoms with E-state index in [1.807, 2.05) is 72.2 Å². The second kappa shape index (κ2) is 10.9. The van der Waals surface area contributed by atoms with Crippen molar-refractivity contribution in [3.8, 4) is 16.9 Å². The highest BCUT2D eigenvalue weighted by molar-refractivity contribution is 6.33. The first-order valence-electron chi connectivity index (χ1n) is 12.3. The molecule has 0 radical (unpaired) electrons. The summed E-state index contributed by atoms with van der Waals surface area (Å²) < 4.78 is 2.00. The lowest BCUT2D eigenvalue weighted by molar-refractivity contribution is -0.384. The van der Waals surface area contributed by atoms with Gasteiger partial charge in [-0.25, -0.2) is 0 Å². The summed E-state index contributed by atoms with van der Waals surface area (Å²) >= 11 is 12.4. The van der Waals surface area contributed by atoms with E-state index in [1.165, 1.54) is 18.2 Å². The molecular weight excluding hydrogens is 539 g/mol. The summed E-state index contributed by atoms with van der Waals surface area (Å²) in [5.41, 5.74) is 3.77. The van der Waals surface area contributed by atoms with E-state index >= 15 is 0 Å². The third-order valence-corrected chi connectivity index (χ3v) is 7.52. The zero-order valence-electron chi connectivity index (χ0n) is 21.0. The second-order valence-corrected chi connectivity index (χ2v) is 10.0. The number of rotatable bonds is 5. The van der Waals surface area contributed by atoms with E-state index in [1.54, 1.807) is 9.80 Å². The number of piperazine rings is 1. The van der Waals surface area contributed by atoms with Crippen molar-refractivity contribution in [3.05, 3.63) is 116 Å². The van der Waals surface area contributed by atoms with Crippen LogP contribution in [0.15, 0.2) is 78.9 Å². The molecule has 3 aromatic carbocycles. The molecule has 1 fully saturated rings. The van der Waals surface area contributed by atoms with Crippen molar-refractivity contribution < 1.29 is 14.5 Å². The Bertz CT molecular complexity index is 1580. The molecule has 8 nitrogen and oxygen atoms in total.